The van der Waals surface area contributed by atoms with E-state index in [9.17, 15) is 4.79 Å². The summed E-state index contributed by atoms with van der Waals surface area (Å²) in [6.07, 6.45) is 3.75. The third-order valence-electron chi connectivity index (χ3n) is 5.91. The zero-order chi connectivity index (χ0) is 24.0. The van der Waals surface area contributed by atoms with Crippen LogP contribution in [0.5, 0.6) is 17.5 Å². The van der Waals surface area contributed by atoms with E-state index in [0.29, 0.717) is 56.8 Å². The Morgan fingerprint density at radius 1 is 1.11 bits per heavy atom. The van der Waals surface area contributed by atoms with Crippen molar-refractivity contribution in [1.82, 2.24) is 15.3 Å². The number of benzene rings is 1. The lowest BCUT2D eigenvalue weighted by molar-refractivity contribution is -0.102. The average molecular weight is 478 g/mol. The summed E-state index contributed by atoms with van der Waals surface area (Å²) < 4.78 is 27.8. The van der Waals surface area contributed by atoms with Gasteiger partial charge in [0, 0.05) is 36.5 Å². The third kappa shape index (κ3) is 5.52. The first-order valence-corrected chi connectivity index (χ1v) is 11.5. The summed E-state index contributed by atoms with van der Waals surface area (Å²) in [7, 11) is 1.59. The van der Waals surface area contributed by atoms with Gasteiger partial charge in [0.2, 0.25) is 11.8 Å². The van der Waals surface area contributed by atoms with E-state index in [4.69, 9.17) is 23.7 Å². The molecule has 2 atom stereocenters. The van der Waals surface area contributed by atoms with E-state index in [1.165, 1.54) is 6.20 Å². The maximum absolute atomic E-state index is 12.9. The number of hydrogen-bond acceptors (Lipinski definition) is 8. The van der Waals surface area contributed by atoms with E-state index in [1.54, 1.807) is 25.4 Å². The minimum Gasteiger partial charge on any atom is -0.491 e. The van der Waals surface area contributed by atoms with Crippen molar-refractivity contribution >= 4 is 5.91 Å². The largest absolute Gasteiger partial charge is 0.491 e. The quantitative estimate of drug-likeness (QED) is 0.554. The van der Waals surface area contributed by atoms with Gasteiger partial charge in [0.25, 0.3) is 5.91 Å². The molecule has 1 amide bonds. The molecule has 5 rings (SSSR count). The molecular weight excluding hydrogens is 450 g/mol. The molecule has 35 heavy (non-hydrogen) atoms. The molecule has 0 radical (unpaired) electrons. The number of carbonyl (C=O) groups excluding carboxylic acids is 1. The van der Waals surface area contributed by atoms with E-state index < -0.39 is 0 Å². The zero-order valence-corrected chi connectivity index (χ0v) is 19.4. The summed E-state index contributed by atoms with van der Waals surface area (Å²) >= 11 is 0. The molecule has 1 N–H and O–H groups in total. The third-order valence-corrected chi connectivity index (χ3v) is 5.91. The summed E-state index contributed by atoms with van der Waals surface area (Å²) in [5.74, 6) is 1.58. The van der Waals surface area contributed by atoms with Gasteiger partial charge in [-0.3, -0.25) is 4.79 Å². The molecule has 1 unspecified atom stereocenters. The van der Waals surface area contributed by atoms with Crippen LogP contribution in [-0.2, 0) is 15.9 Å². The molecular formula is C26H27N3O6. The van der Waals surface area contributed by atoms with E-state index in [0.717, 1.165) is 22.4 Å². The molecule has 1 fully saturated rings. The first kappa shape index (κ1) is 23.1. The van der Waals surface area contributed by atoms with Gasteiger partial charge in [-0.2, -0.15) is 0 Å². The number of pyridine rings is 2. The fourth-order valence-corrected chi connectivity index (χ4v) is 4.14. The monoisotopic (exact) mass is 477 g/mol. The number of nitrogens with one attached hydrogen (secondary N) is 1. The van der Waals surface area contributed by atoms with Crippen molar-refractivity contribution in [3.8, 4) is 28.6 Å². The Balaban J connectivity index is 1.22. The van der Waals surface area contributed by atoms with Crippen LogP contribution in [0, 0.1) is 0 Å². The molecule has 0 saturated carbocycles. The molecule has 2 aliphatic heterocycles. The molecule has 0 bridgehead atoms. The molecule has 4 heterocycles. The Labute approximate surface area is 203 Å². The molecule has 0 aliphatic carbocycles. The van der Waals surface area contributed by atoms with Gasteiger partial charge in [0.05, 0.1) is 38.5 Å². The van der Waals surface area contributed by atoms with Gasteiger partial charge in [-0.05, 0) is 29.3 Å². The highest BCUT2D eigenvalue weighted by molar-refractivity contribution is 5.94. The van der Waals surface area contributed by atoms with Crippen LogP contribution in [0.15, 0.2) is 54.9 Å². The molecule has 1 aromatic carbocycles. The molecule has 2 aromatic heterocycles. The van der Waals surface area contributed by atoms with Crippen LogP contribution in [0.3, 0.4) is 0 Å². The highest BCUT2D eigenvalue weighted by atomic mass is 16.6. The predicted octanol–water partition coefficient (Wildman–Crippen LogP) is 2.68. The lowest BCUT2D eigenvalue weighted by atomic mass is 9.93. The SMILES string of the molecule is COc1cc(-c2cccc3c2C[C@H](NC(=O)c2ccc(OCC4COCCO4)nc2)CO3)ccn1. The molecule has 9 nitrogen and oxygen atoms in total. The number of rotatable bonds is 7. The van der Waals surface area contributed by atoms with Crippen molar-refractivity contribution in [3.63, 3.8) is 0 Å². The summed E-state index contributed by atoms with van der Waals surface area (Å²) in [5, 5.41) is 3.06. The van der Waals surface area contributed by atoms with Crippen LogP contribution in [0.4, 0.5) is 0 Å². The second-order valence-corrected chi connectivity index (χ2v) is 8.32. The van der Waals surface area contributed by atoms with Crippen LogP contribution >= 0.6 is 0 Å². The predicted molar refractivity (Wildman–Crippen MR) is 127 cm³/mol. The Hall–Kier alpha value is -3.69. The minimum atomic E-state index is -0.215. The number of fused-ring (bicyclic) bond motifs is 1. The summed E-state index contributed by atoms with van der Waals surface area (Å²) in [4.78, 5) is 21.3. The second-order valence-electron chi connectivity index (χ2n) is 8.32. The molecule has 9 heteroatoms. The van der Waals surface area contributed by atoms with E-state index >= 15 is 0 Å². The summed E-state index contributed by atoms with van der Waals surface area (Å²) in [6.45, 7) is 2.41. The average Bonchev–Trinajstić information content (AvgIpc) is 2.92. The van der Waals surface area contributed by atoms with Crippen LogP contribution in [0.2, 0.25) is 0 Å². The maximum atomic E-state index is 12.9. The Morgan fingerprint density at radius 3 is 2.86 bits per heavy atom. The number of nitrogens with zero attached hydrogens (tertiary/aromatic N) is 2. The van der Waals surface area contributed by atoms with Crippen molar-refractivity contribution < 1.29 is 28.5 Å². The number of aromatic nitrogens is 2. The smallest absolute Gasteiger partial charge is 0.253 e. The van der Waals surface area contributed by atoms with Crippen LogP contribution in [0.25, 0.3) is 11.1 Å². The first-order valence-electron chi connectivity index (χ1n) is 11.5. The van der Waals surface area contributed by atoms with Crippen molar-refractivity contribution in [3.05, 3.63) is 66.0 Å². The zero-order valence-electron chi connectivity index (χ0n) is 19.4. The molecule has 3 aromatic rings. The summed E-state index contributed by atoms with van der Waals surface area (Å²) in [5.41, 5.74) is 3.49. The number of ether oxygens (including phenoxy) is 5. The van der Waals surface area contributed by atoms with Crippen molar-refractivity contribution in [2.24, 2.45) is 0 Å². The summed E-state index contributed by atoms with van der Waals surface area (Å²) in [6, 6.07) is 13.0. The lowest BCUT2D eigenvalue weighted by Crippen LogP contribution is -2.42. The van der Waals surface area contributed by atoms with Gasteiger partial charge in [-0.25, -0.2) is 9.97 Å². The number of hydrogen-bond donors (Lipinski definition) is 1. The first-order chi connectivity index (χ1) is 17.2. The fraction of sp³-hybridized carbons (Fsp3) is 0.346. The normalized spacial score (nSPS) is 19.2. The highest BCUT2D eigenvalue weighted by Gasteiger charge is 2.25. The number of amides is 1. The number of methoxy groups -OCH3 is 1. The van der Waals surface area contributed by atoms with Gasteiger partial charge in [0.15, 0.2) is 0 Å². The second kappa shape index (κ2) is 10.7. The lowest BCUT2D eigenvalue weighted by Gasteiger charge is -2.28. The van der Waals surface area contributed by atoms with E-state index in [2.05, 4.69) is 15.3 Å². The Morgan fingerprint density at radius 2 is 2.06 bits per heavy atom. The minimum absolute atomic E-state index is 0.110. The molecule has 182 valence electrons. The molecule has 2 aliphatic rings. The fourth-order valence-electron chi connectivity index (χ4n) is 4.14. The van der Waals surface area contributed by atoms with E-state index in [1.807, 2.05) is 30.3 Å². The Bertz CT molecular complexity index is 1160. The number of carbonyl (C=O) groups is 1. The van der Waals surface area contributed by atoms with Gasteiger partial charge in [-0.15, -0.1) is 0 Å². The highest BCUT2D eigenvalue weighted by Crippen LogP contribution is 2.35. The molecule has 0 spiro atoms. The van der Waals surface area contributed by atoms with Gasteiger partial charge < -0.3 is 29.0 Å². The standard InChI is InChI=1S/C26H27N3O6/c1-31-25-11-17(7-8-27-25)21-3-2-4-23-22(21)12-19(14-34-23)29-26(30)18-5-6-24(28-13-18)35-16-20-15-32-9-10-33-20/h2-8,11,13,19-20H,9-10,12,14-16H2,1H3,(H,29,30)/t19-,20?/m0/s1. The van der Waals surface area contributed by atoms with Gasteiger partial charge in [-0.1, -0.05) is 12.1 Å². The maximum Gasteiger partial charge on any atom is 0.253 e. The van der Waals surface area contributed by atoms with Crippen molar-refractivity contribution in [2.45, 2.75) is 18.6 Å². The van der Waals surface area contributed by atoms with Gasteiger partial charge >= 0.3 is 0 Å². The van der Waals surface area contributed by atoms with Crippen LogP contribution in [0.1, 0.15) is 15.9 Å². The van der Waals surface area contributed by atoms with Crippen molar-refractivity contribution in [1.29, 1.82) is 0 Å². The van der Waals surface area contributed by atoms with Crippen LogP contribution in [-0.4, -0.2) is 68.2 Å². The van der Waals surface area contributed by atoms with E-state index in [-0.39, 0.29) is 18.1 Å². The van der Waals surface area contributed by atoms with Crippen LogP contribution < -0.4 is 19.5 Å². The van der Waals surface area contributed by atoms with Gasteiger partial charge in [0.1, 0.15) is 25.1 Å². The topological polar surface area (TPSA) is 101 Å². The Kier molecular flexibility index (Phi) is 7.06. The molecule has 1 saturated heterocycles. The van der Waals surface area contributed by atoms with Crippen molar-refractivity contribution in [2.75, 3.05) is 40.1 Å².